The van der Waals surface area contributed by atoms with Crippen LogP contribution in [0.4, 0.5) is 4.39 Å². The molecule has 0 radical (unpaired) electrons. The molecule has 2 heterocycles. The highest BCUT2D eigenvalue weighted by atomic mass is 32.1. The van der Waals surface area contributed by atoms with E-state index in [1.54, 1.807) is 23.5 Å². The fraction of sp³-hybridized carbons (Fsp3) is 0. The molecule has 0 spiro atoms. The Morgan fingerprint density at radius 3 is 1.61 bits per heavy atom. The molecule has 0 atom stereocenters. The molecule has 5 heteroatoms. The maximum atomic E-state index is 15.9. The van der Waals surface area contributed by atoms with Crippen LogP contribution in [0.2, 0.25) is 0 Å². The van der Waals surface area contributed by atoms with E-state index >= 15 is 4.39 Å². The maximum absolute atomic E-state index is 15.9. The van der Waals surface area contributed by atoms with Gasteiger partial charge in [-0.2, -0.15) is 0 Å². The highest BCUT2D eigenvalue weighted by Gasteiger charge is 2.16. The Hall–Kier alpha value is -5.52. The SMILES string of the molecule is Fc1cc(-c2ccc3sc4ccccc4c3c2)ccc1-c1nc(-c2ccccc2)nc(-c2ccc(-c3ccccc3)cc2)n1. The van der Waals surface area contributed by atoms with Gasteiger partial charge < -0.3 is 0 Å². The van der Waals surface area contributed by atoms with Crippen LogP contribution in [-0.4, -0.2) is 15.0 Å². The Labute approximate surface area is 258 Å². The van der Waals surface area contributed by atoms with Crippen molar-refractivity contribution in [3.63, 3.8) is 0 Å². The normalized spacial score (nSPS) is 11.3. The molecule has 0 amide bonds. The summed E-state index contributed by atoms with van der Waals surface area (Å²) < 4.78 is 18.4. The van der Waals surface area contributed by atoms with Crippen molar-refractivity contribution in [2.24, 2.45) is 0 Å². The molecule has 0 aliphatic carbocycles. The van der Waals surface area contributed by atoms with E-state index in [1.165, 1.54) is 20.2 Å². The predicted molar refractivity (Wildman–Crippen MR) is 180 cm³/mol. The minimum Gasteiger partial charge on any atom is -0.208 e. The third-order valence-electron chi connectivity index (χ3n) is 7.84. The molecule has 3 nitrogen and oxygen atoms in total. The van der Waals surface area contributed by atoms with E-state index in [4.69, 9.17) is 15.0 Å². The summed E-state index contributed by atoms with van der Waals surface area (Å²) in [6.07, 6.45) is 0. The lowest BCUT2D eigenvalue weighted by Crippen LogP contribution is -2.01. The molecule has 0 saturated carbocycles. The second-order valence-corrected chi connectivity index (χ2v) is 11.7. The van der Waals surface area contributed by atoms with Crippen LogP contribution in [-0.2, 0) is 0 Å². The predicted octanol–water partition coefficient (Wildman–Crippen LogP) is 10.7. The summed E-state index contributed by atoms with van der Waals surface area (Å²) in [6.45, 7) is 0. The van der Waals surface area contributed by atoms with Gasteiger partial charge in [0.25, 0.3) is 0 Å². The zero-order valence-electron chi connectivity index (χ0n) is 23.5. The van der Waals surface area contributed by atoms with Crippen molar-refractivity contribution >= 4 is 31.5 Å². The Kier molecular flexibility index (Phi) is 6.51. The second kappa shape index (κ2) is 11.0. The summed E-state index contributed by atoms with van der Waals surface area (Å²) >= 11 is 1.77. The van der Waals surface area contributed by atoms with Crippen LogP contribution in [0.3, 0.4) is 0 Å². The summed E-state index contributed by atoms with van der Waals surface area (Å²) in [4.78, 5) is 14.3. The Morgan fingerprint density at radius 1 is 0.386 bits per heavy atom. The average Bonchev–Trinajstić information content (AvgIpc) is 3.47. The third kappa shape index (κ3) is 4.83. The van der Waals surface area contributed by atoms with Gasteiger partial charge in [0.1, 0.15) is 5.82 Å². The standard InChI is InChI=1S/C39H24FN3S/c40-34-24-30(29-20-22-36-33(23-29)31-13-7-8-14-35(31)44-36)19-21-32(34)39-42-37(27-11-5-2-6-12-27)41-38(43-39)28-17-15-26(16-18-28)25-9-3-1-4-10-25/h1-24H. The lowest BCUT2D eigenvalue weighted by Gasteiger charge is -2.11. The number of hydrogen-bond acceptors (Lipinski definition) is 4. The molecule has 0 N–H and O–H groups in total. The van der Waals surface area contributed by atoms with Gasteiger partial charge in [-0.3, -0.25) is 0 Å². The molecular weight excluding hydrogens is 562 g/mol. The highest BCUT2D eigenvalue weighted by molar-refractivity contribution is 7.25. The number of hydrogen-bond donors (Lipinski definition) is 0. The van der Waals surface area contributed by atoms with Crippen LogP contribution >= 0.6 is 11.3 Å². The first-order valence-corrected chi connectivity index (χ1v) is 15.2. The van der Waals surface area contributed by atoms with E-state index in [0.29, 0.717) is 23.0 Å². The van der Waals surface area contributed by atoms with Gasteiger partial charge in [-0.1, -0.05) is 115 Å². The van der Waals surface area contributed by atoms with Crippen LogP contribution in [0.15, 0.2) is 146 Å². The van der Waals surface area contributed by atoms with Crippen molar-refractivity contribution in [3.8, 4) is 56.4 Å². The summed E-state index contributed by atoms with van der Waals surface area (Å²) in [5.41, 5.74) is 6.00. The smallest absolute Gasteiger partial charge is 0.167 e. The van der Waals surface area contributed by atoms with E-state index in [1.807, 2.05) is 66.7 Å². The summed E-state index contributed by atoms with van der Waals surface area (Å²) in [6, 6.07) is 48.0. The second-order valence-electron chi connectivity index (χ2n) is 10.6. The minimum absolute atomic E-state index is 0.296. The molecule has 6 aromatic carbocycles. The first-order chi connectivity index (χ1) is 21.7. The molecule has 0 fully saturated rings. The van der Waals surface area contributed by atoms with E-state index in [0.717, 1.165) is 33.4 Å². The van der Waals surface area contributed by atoms with Gasteiger partial charge in [0.2, 0.25) is 0 Å². The Balaban J connectivity index is 1.20. The molecule has 0 bridgehead atoms. The van der Waals surface area contributed by atoms with Gasteiger partial charge in [0.15, 0.2) is 17.5 Å². The fourth-order valence-corrected chi connectivity index (χ4v) is 6.65. The highest BCUT2D eigenvalue weighted by Crippen LogP contribution is 2.37. The van der Waals surface area contributed by atoms with E-state index in [2.05, 4.69) is 66.7 Å². The van der Waals surface area contributed by atoms with Gasteiger partial charge in [-0.05, 0) is 52.6 Å². The van der Waals surface area contributed by atoms with Crippen LogP contribution in [0.1, 0.15) is 0 Å². The van der Waals surface area contributed by atoms with Crippen molar-refractivity contribution in [3.05, 3.63) is 151 Å². The van der Waals surface area contributed by atoms with E-state index < -0.39 is 0 Å². The zero-order valence-corrected chi connectivity index (χ0v) is 24.3. The Morgan fingerprint density at radius 2 is 0.886 bits per heavy atom. The quantitative estimate of drug-likeness (QED) is 0.202. The molecule has 0 unspecified atom stereocenters. The number of rotatable bonds is 5. The summed E-state index contributed by atoms with van der Waals surface area (Å²) in [7, 11) is 0. The lowest BCUT2D eigenvalue weighted by molar-refractivity contribution is 0.630. The molecule has 0 saturated heterocycles. The molecule has 2 aromatic heterocycles. The van der Waals surface area contributed by atoms with Crippen molar-refractivity contribution in [1.82, 2.24) is 15.0 Å². The molecule has 0 aliphatic heterocycles. The van der Waals surface area contributed by atoms with Crippen LogP contribution < -0.4 is 0 Å². The largest absolute Gasteiger partial charge is 0.208 e. The van der Waals surface area contributed by atoms with E-state index in [-0.39, 0.29) is 5.82 Å². The van der Waals surface area contributed by atoms with Crippen LogP contribution in [0, 0.1) is 5.82 Å². The average molecular weight is 586 g/mol. The Bertz CT molecular complexity index is 2280. The molecule has 0 aliphatic rings. The van der Waals surface area contributed by atoms with Crippen LogP contribution in [0.5, 0.6) is 0 Å². The van der Waals surface area contributed by atoms with Crippen molar-refractivity contribution in [1.29, 1.82) is 0 Å². The molecule has 208 valence electrons. The number of aromatic nitrogens is 3. The van der Waals surface area contributed by atoms with Crippen molar-refractivity contribution in [2.45, 2.75) is 0 Å². The monoisotopic (exact) mass is 585 g/mol. The fourth-order valence-electron chi connectivity index (χ4n) is 5.57. The minimum atomic E-state index is -0.381. The summed E-state index contributed by atoms with van der Waals surface area (Å²) in [5.74, 6) is 0.903. The topological polar surface area (TPSA) is 38.7 Å². The number of fused-ring (bicyclic) bond motifs is 3. The number of halogens is 1. The molecule has 44 heavy (non-hydrogen) atoms. The van der Waals surface area contributed by atoms with Gasteiger partial charge >= 0.3 is 0 Å². The number of thiophene rings is 1. The first-order valence-electron chi connectivity index (χ1n) is 14.4. The molecular formula is C39H24FN3S. The van der Waals surface area contributed by atoms with Gasteiger partial charge in [-0.15, -0.1) is 11.3 Å². The van der Waals surface area contributed by atoms with Gasteiger partial charge in [-0.25, -0.2) is 19.3 Å². The number of benzene rings is 6. The van der Waals surface area contributed by atoms with Crippen molar-refractivity contribution in [2.75, 3.05) is 0 Å². The summed E-state index contributed by atoms with van der Waals surface area (Å²) in [5, 5.41) is 2.40. The molecule has 8 aromatic rings. The maximum Gasteiger partial charge on any atom is 0.167 e. The van der Waals surface area contributed by atoms with Crippen LogP contribution in [0.25, 0.3) is 76.6 Å². The first kappa shape index (κ1) is 26.1. The lowest BCUT2D eigenvalue weighted by atomic mass is 10.0. The number of nitrogens with zero attached hydrogens (tertiary/aromatic N) is 3. The third-order valence-corrected chi connectivity index (χ3v) is 8.99. The van der Waals surface area contributed by atoms with Gasteiger partial charge in [0.05, 0.1) is 5.56 Å². The molecule has 8 rings (SSSR count). The van der Waals surface area contributed by atoms with Gasteiger partial charge in [0, 0.05) is 31.3 Å². The zero-order chi connectivity index (χ0) is 29.5. The van der Waals surface area contributed by atoms with Crippen molar-refractivity contribution < 1.29 is 4.39 Å². The van der Waals surface area contributed by atoms with E-state index in [9.17, 15) is 0 Å².